The van der Waals surface area contributed by atoms with Crippen molar-refractivity contribution in [2.45, 2.75) is 26.2 Å². The molecule has 5 heteroatoms. The van der Waals surface area contributed by atoms with E-state index in [0.717, 1.165) is 18.8 Å². The van der Waals surface area contributed by atoms with Crippen LogP contribution in [-0.2, 0) is 5.41 Å². The van der Waals surface area contributed by atoms with E-state index in [1.807, 2.05) is 17.0 Å². The number of nitrogens with zero attached hydrogens (tertiary/aromatic N) is 2. The zero-order valence-electron chi connectivity index (χ0n) is 15.6. The first-order valence-corrected chi connectivity index (χ1v) is 9.38. The maximum Gasteiger partial charge on any atom is 0.321 e. The van der Waals surface area contributed by atoms with Gasteiger partial charge in [-0.05, 0) is 35.2 Å². The number of anilines is 2. The zero-order valence-corrected chi connectivity index (χ0v) is 16.4. The van der Waals surface area contributed by atoms with Gasteiger partial charge in [-0.1, -0.05) is 56.6 Å². The lowest BCUT2D eigenvalue weighted by Crippen LogP contribution is -2.50. The molecule has 0 atom stereocenters. The molecule has 1 heterocycles. The van der Waals surface area contributed by atoms with Crippen molar-refractivity contribution in [1.82, 2.24) is 4.90 Å². The molecular weight excluding hydrogens is 346 g/mol. The highest BCUT2D eigenvalue weighted by Gasteiger charge is 2.25. The van der Waals surface area contributed by atoms with Crippen molar-refractivity contribution >= 4 is 29.0 Å². The van der Waals surface area contributed by atoms with Crippen molar-refractivity contribution in [1.29, 1.82) is 0 Å². The second kappa shape index (κ2) is 7.58. The molecule has 0 radical (unpaired) electrons. The Morgan fingerprint density at radius 1 is 1.00 bits per heavy atom. The smallest absolute Gasteiger partial charge is 0.321 e. The highest BCUT2D eigenvalue weighted by atomic mass is 35.5. The van der Waals surface area contributed by atoms with E-state index in [9.17, 15) is 4.79 Å². The Bertz CT molecular complexity index is 777. The maximum atomic E-state index is 12.5. The summed E-state index contributed by atoms with van der Waals surface area (Å²) in [5, 5.41) is 3.54. The Morgan fingerprint density at radius 2 is 1.69 bits per heavy atom. The van der Waals surface area contributed by atoms with Crippen molar-refractivity contribution in [2.24, 2.45) is 0 Å². The number of para-hydroxylation sites is 1. The van der Waals surface area contributed by atoms with Gasteiger partial charge in [0.05, 0.1) is 0 Å². The Morgan fingerprint density at radius 3 is 2.35 bits per heavy atom. The van der Waals surface area contributed by atoms with E-state index >= 15 is 0 Å². The first kappa shape index (κ1) is 18.6. The van der Waals surface area contributed by atoms with Gasteiger partial charge in [-0.25, -0.2) is 4.79 Å². The van der Waals surface area contributed by atoms with Gasteiger partial charge in [-0.15, -0.1) is 0 Å². The number of nitrogens with one attached hydrogen (secondary N) is 1. The van der Waals surface area contributed by atoms with E-state index in [1.165, 1.54) is 11.3 Å². The van der Waals surface area contributed by atoms with E-state index in [4.69, 9.17) is 11.6 Å². The SMILES string of the molecule is CC(C)(C)c1ccccc1N1CCN(C(=O)Nc2cccc(Cl)c2)CC1. The van der Waals surface area contributed by atoms with Gasteiger partial charge in [0.25, 0.3) is 0 Å². The van der Waals surface area contributed by atoms with Crippen LogP contribution in [0.3, 0.4) is 0 Å². The van der Waals surface area contributed by atoms with Crippen LogP contribution in [0.4, 0.5) is 16.2 Å². The molecule has 4 nitrogen and oxygen atoms in total. The van der Waals surface area contributed by atoms with Crippen molar-refractivity contribution < 1.29 is 4.79 Å². The average molecular weight is 372 g/mol. The van der Waals surface area contributed by atoms with Crippen LogP contribution in [0, 0.1) is 0 Å². The summed E-state index contributed by atoms with van der Waals surface area (Å²) in [5.41, 5.74) is 3.44. The van der Waals surface area contributed by atoms with Gasteiger partial charge in [-0.3, -0.25) is 0 Å². The molecule has 2 amide bonds. The molecule has 2 aromatic carbocycles. The lowest BCUT2D eigenvalue weighted by Gasteiger charge is -2.38. The first-order valence-electron chi connectivity index (χ1n) is 9.00. The molecule has 138 valence electrons. The summed E-state index contributed by atoms with van der Waals surface area (Å²) >= 11 is 5.98. The van der Waals surface area contributed by atoms with Crippen LogP contribution in [0.1, 0.15) is 26.3 Å². The number of amides is 2. The molecule has 1 fully saturated rings. The van der Waals surface area contributed by atoms with Crippen molar-refractivity contribution in [2.75, 3.05) is 36.4 Å². The Labute approximate surface area is 160 Å². The summed E-state index contributed by atoms with van der Waals surface area (Å²) in [6.07, 6.45) is 0. The Hall–Kier alpha value is -2.20. The predicted molar refractivity (Wildman–Crippen MR) is 109 cm³/mol. The quantitative estimate of drug-likeness (QED) is 0.807. The molecule has 1 aliphatic heterocycles. The number of rotatable bonds is 2. The fourth-order valence-corrected chi connectivity index (χ4v) is 3.49. The summed E-state index contributed by atoms with van der Waals surface area (Å²) in [4.78, 5) is 16.7. The Kier molecular flexibility index (Phi) is 5.42. The van der Waals surface area contributed by atoms with Crippen molar-refractivity contribution in [3.63, 3.8) is 0 Å². The first-order chi connectivity index (χ1) is 12.3. The van der Waals surface area contributed by atoms with E-state index in [0.29, 0.717) is 18.1 Å². The summed E-state index contributed by atoms with van der Waals surface area (Å²) in [6, 6.07) is 15.7. The molecule has 0 aliphatic carbocycles. The second-order valence-electron chi connectivity index (χ2n) is 7.68. The number of halogens is 1. The normalized spacial score (nSPS) is 15.1. The molecule has 0 spiro atoms. The fourth-order valence-electron chi connectivity index (χ4n) is 3.30. The highest BCUT2D eigenvalue weighted by molar-refractivity contribution is 6.30. The summed E-state index contributed by atoms with van der Waals surface area (Å²) < 4.78 is 0. The van der Waals surface area contributed by atoms with Crippen molar-refractivity contribution in [3.05, 3.63) is 59.1 Å². The third-order valence-corrected chi connectivity index (χ3v) is 4.93. The molecule has 2 aromatic rings. The molecule has 0 bridgehead atoms. The van der Waals surface area contributed by atoms with Crippen LogP contribution in [0.5, 0.6) is 0 Å². The fraction of sp³-hybridized carbons (Fsp3) is 0.381. The van der Waals surface area contributed by atoms with E-state index in [2.05, 4.69) is 55.3 Å². The van der Waals surface area contributed by atoms with Crippen LogP contribution in [0.25, 0.3) is 0 Å². The maximum absolute atomic E-state index is 12.5. The van der Waals surface area contributed by atoms with Gasteiger partial charge in [-0.2, -0.15) is 0 Å². The van der Waals surface area contributed by atoms with E-state index < -0.39 is 0 Å². The minimum atomic E-state index is -0.0731. The van der Waals surface area contributed by atoms with Gasteiger partial charge in [0, 0.05) is 42.6 Å². The van der Waals surface area contributed by atoms with Gasteiger partial charge >= 0.3 is 6.03 Å². The summed E-state index contributed by atoms with van der Waals surface area (Å²) in [6.45, 7) is 9.77. The number of benzene rings is 2. The number of piperazine rings is 1. The minimum Gasteiger partial charge on any atom is -0.368 e. The molecule has 0 saturated carbocycles. The number of hydrogen-bond donors (Lipinski definition) is 1. The molecule has 1 N–H and O–H groups in total. The second-order valence-corrected chi connectivity index (χ2v) is 8.12. The lowest BCUT2D eigenvalue weighted by atomic mass is 9.85. The zero-order chi connectivity index (χ0) is 18.7. The van der Waals surface area contributed by atoms with Crippen LogP contribution < -0.4 is 10.2 Å². The van der Waals surface area contributed by atoms with Crippen LogP contribution >= 0.6 is 11.6 Å². The molecule has 26 heavy (non-hydrogen) atoms. The number of carbonyl (C=O) groups excluding carboxylic acids is 1. The van der Waals surface area contributed by atoms with Crippen LogP contribution in [-0.4, -0.2) is 37.1 Å². The largest absolute Gasteiger partial charge is 0.368 e. The molecule has 0 aromatic heterocycles. The third kappa shape index (κ3) is 4.31. The van der Waals surface area contributed by atoms with E-state index in [-0.39, 0.29) is 11.4 Å². The summed E-state index contributed by atoms with van der Waals surface area (Å²) in [5.74, 6) is 0. The van der Waals surface area contributed by atoms with Crippen LogP contribution in [0.2, 0.25) is 5.02 Å². The van der Waals surface area contributed by atoms with Crippen molar-refractivity contribution in [3.8, 4) is 0 Å². The van der Waals surface area contributed by atoms with Gasteiger partial charge in [0.1, 0.15) is 0 Å². The molecule has 1 aliphatic rings. The predicted octanol–water partition coefficient (Wildman–Crippen LogP) is 4.99. The van der Waals surface area contributed by atoms with Crippen LogP contribution in [0.15, 0.2) is 48.5 Å². The minimum absolute atomic E-state index is 0.0731. The molecule has 0 unspecified atom stereocenters. The number of carbonyl (C=O) groups is 1. The Balaban J connectivity index is 1.64. The third-order valence-electron chi connectivity index (χ3n) is 4.70. The average Bonchev–Trinajstić information content (AvgIpc) is 2.61. The topological polar surface area (TPSA) is 35.6 Å². The highest BCUT2D eigenvalue weighted by Crippen LogP contribution is 2.32. The lowest BCUT2D eigenvalue weighted by molar-refractivity contribution is 0.208. The monoisotopic (exact) mass is 371 g/mol. The molecular formula is C21H26ClN3O. The van der Waals surface area contributed by atoms with Gasteiger partial charge in [0.15, 0.2) is 0 Å². The number of hydrogen-bond acceptors (Lipinski definition) is 2. The van der Waals surface area contributed by atoms with E-state index in [1.54, 1.807) is 12.1 Å². The van der Waals surface area contributed by atoms with Gasteiger partial charge < -0.3 is 15.1 Å². The number of urea groups is 1. The summed E-state index contributed by atoms with van der Waals surface area (Å²) in [7, 11) is 0. The standard InChI is InChI=1S/C21H26ClN3O/c1-21(2,3)18-9-4-5-10-19(18)24-11-13-25(14-12-24)20(26)23-17-8-6-7-16(22)15-17/h4-10,15H,11-14H2,1-3H3,(H,23,26). The van der Waals surface area contributed by atoms with Gasteiger partial charge in [0.2, 0.25) is 0 Å². The molecule has 3 rings (SSSR count). The molecule has 1 saturated heterocycles.